The Morgan fingerprint density at radius 3 is 2.25 bits per heavy atom. The number of hydrogen-bond acceptors (Lipinski definition) is 6. The van der Waals surface area contributed by atoms with Crippen LogP contribution in [0, 0.1) is 11.6 Å². The van der Waals surface area contributed by atoms with Gasteiger partial charge in [-0.25, -0.2) is 17.2 Å². The minimum Gasteiger partial charge on any atom is -0.454 e. The molecule has 1 N–H and O–H groups in total. The highest BCUT2D eigenvalue weighted by Crippen LogP contribution is 2.41. The van der Waals surface area contributed by atoms with E-state index in [0.717, 1.165) is 36.7 Å². The SMILES string of the molecule is Cn1cc(-c2cc(NS(C)(=O)=O)ccc2Oc2ccc(F)cc2F)c(-c2ccc(N3CCOCC3)cc2)cc1=O. The van der Waals surface area contributed by atoms with Crippen molar-refractivity contribution in [3.63, 3.8) is 0 Å². The first-order valence-corrected chi connectivity index (χ1v) is 14.4. The number of pyridine rings is 1. The maximum absolute atomic E-state index is 14.5. The molecule has 1 aromatic heterocycles. The van der Waals surface area contributed by atoms with Gasteiger partial charge in [0.05, 0.1) is 19.5 Å². The van der Waals surface area contributed by atoms with Crippen LogP contribution in [0.3, 0.4) is 0 Å². The Morgan fingerprint density at radius 2 is 1.57 bits per heavy atom. The van der Waals surface area contributed by atoms with Crippen LogP contribution in [0.4, 0.5) is 20.2 Å². The van der Waals surface area contributed by atoms with Crippen molar-refractivity contribution in [2.45, 2.75) is 0 Å². The van der Waals surface area contributed by atoms with Gasteiger partial charge in [-0.05, 0) is 53.6 Å². The van der Waals surface area contributed by atoms with Crippen LogP contribution in [0.2, 0.25) is 0 Å². The fourth-order valence-corrected chi connectivity index (χ4v) is 5.10. The van der Waals surface area contributed by atoms with E-state index in [1.54, 1.807) is 19.3 Å². The first-order chi connectivity index (χ1) is 19.1. The molecular formula is C29H27F2N3O5S. The largest absolute Gasteiger partial charge is 0.454 e. The highest BCUT2D eigenvalue weighted by molar-refractivity contribution is 7.92. The highest BCUT2D eigenvalue weighted by atomic mass is 32.2. The van der Waals surface area contributed by atoms with E-state index >= 15 is 0 Å². The van der Waals surface area contributed by atoms with Crippen LogP contribution in [0.25, 0.3) is 22.3 Å². The third kappa shape index (κ3) is 6.16. The predicted octanol–water partition coefficient (Wildman–Crippen LogP) is 5.00. The number of anilines is 2. The molecular weight excluding hydrogens is 540 g/mol. The molecule has 1 fully saturated rings. The fraction of sp³-hybridized carbons (Fsp3) is 0.207. The minimum absolute atomic E-state index is 0.175. The second-order valence-corrected chi connectivity index (χ2v) is 11.2. The van der Waals surface area contributed by atoms with Crippen LogP contribution in [0.15, 0.2) is 77.7 Å². The smallest absolute Gasteiger partial charge is 0.250 e. The quantitative estimate of drug-likeness (QED) is 0.338. The normalized spacial score (nSPS) is 13.8. The number of hydrogen-bond donors (Lipinski definition) is 1. The number of nitrogens with one attached hydrogen (secondary N) is 1. The molecule has 0 unspecified atom stereocenters. The summed E-state index contributed by atoms with van der Waals surface area (Å²) in [6.45, 7) is 2.85. The average molecular weight is 568 g/mol. The van der Waals surface area contributed by atoms with Crippen molar-refractivity contribution in [2.24, 2.45) is 7.05 Å². The number of aryl methyl sites for hydroxylation is 1. The molecule has 4 aromatic rings. The van der Waals surface area contributed by atoms with Crippen LogP contribution >= 0.6 is 0 Å². The zero-order valence-electron chi connectivity index (χ0n) is 21.9. The van der Waals surface area contributed by atoms with E-state index in [1.165, 1.54) is 28.8 Å². The number of sulfonamides is 1. The van der Waals surface area contributed by atoms with Crippen molar-refractivity contribution < 1.29 is 26.7 Å². The predicted molar refractivity (Wildman–Crippen MR) is 150 cm³/mol. The highest BCUT2D eigenvalue weighted by Gasteiger charge is 2.19. The van der Waals surface area contributed by atoms with Crippen molar-refractivity contribution in [1.29, 1.82) is 0 Å². The Labute approximate surface area is 230 Å². The minimum atomic E-state index is -3.61. The van der Waals surface area contributed by atoms with Crippen molar-refractivity contribution in [1.82, 2.24) is 4.57 Å². The van der Waals surface area contributed by atoms with E-state index in [2.05, 4.69) is 9.62 Å². The lowest BCUT2D eigenvalue weighted by atomic mass is 9.95. The van der Waals surface area contributed by atoms with Gasteiger partial charge in [0.2, 0.25) is 10.0 Å². The molecule has 40 heavy (non-hydrogen) atoms. The Balaban J connectivity index is 1.64. The Hall–Kier alpha value is -4.22. The lowest BCUT2D eigenvalue weighted by Gasteiger charge is -2.29. The third-order valence-electron chi connectivity index (χ3n) is 6.47. The lowest BCUT2D eigenvalue weighted by Crippen LogP contribution is -2.36. The monoisotopic (exact) mass is 567 g/mol. The van der Waals surface area contributed by atoms with E-state index in [9.17, 15) is 22.0 Å². The zero-order chi connectivity index (χ0) is 28.4. The van der Waals surface area contributed by atoms with Crippen molar-refractivity contribution in [3.8, 4) is 33.8 Å². The topological polar surface area (TPSA) is 89.9 Å². The van der Waals surface area contributed by atoms with Crippen LogP contribution < -0.4 is 19.9 Å². The zero-order valence-corrected chi connectivity index (χ0v) is 22.7. The molecule has 3 aromatic carbocycles. The first kappa shape index (κ1) is 27.4. The van der Waals surface area contributed by atoms with Crippen LogP contribution in [0.1, 0.15) is 0 Å². The molecule has 1 aliphatic heterocycles. The molecule has 0 radical (unpaired) electrons. The van der Waals surface area contributed by atoms with Gasteiger partial charge in [-0.1, -0.05) is 12.1 Å². The number of halogens is 2. The molecule has 11 heteroatoms. The molecule has 5 rings (SSSR count). The molecule has 0 saturated carbocycles. The summed E-state index contributed by atoms with van der Waals surface area (Å²) in [6.07, 6.45) is 2.64. The van der Waals surface area contributed by atoms with Crippen LogP contribution in [-0.2, 0) is 21.8 Å². The molecule has 0 bridgehead atoms. The summed E-state index contributed by atoms with van der Waals surface area (Å²) >= 11 is 0. The summed E-state index contributed by atoms with van der Waals surface area (Å²) in [5, 5.41) is 0. The van der Waals surface area contributed by atoms with Gasteiger partial charge in [0.1, 0.15) is 11.6 Å². The molecule has 0 atom stereocenters. The van der Waals surface area contributed by atoms with Crippen LogP contribution in [0.5, 0.6) is 11.5 Å². The van der Waals surface area contributed by atoms with Crippen molar-refractivity contribution in [2.75, 3.05) is 42.2 Å². The third-order valence-corrected chi connectivity index (χ3v) is 7.08. The maximum Gasteiger partial charge on any atom is 0.250 e. The Kier molecular flexibility index (Phi) is 7.59. The second-order valence-electron chi connectivity index (χ2n) is 9.46. The van der Waals surface area contributed by atoms with Crippen molar-refractivity contribution in [3.05, 3.63) is 94.9 Å². The van der Waals surface area contributed by atoms with E-state index in [1.807, 2.05) is 24.3 Å². The van der Waals surface area contributed by atoms with Gasteiger partial charge < -0.3 is 18.9 Å². The summed E-state index contributed by atoms with van der Waals surface area (Å²) < 4.78 is 67.1. The molecule has 1 aliphatic rings. The molecule has 1 saturated heterocycles. The lowest BCUT2D eigenvalue weighted by molar-refractivity contribution is 0.122. The Bertz CT molecular complexity index is 1720. The van der Waals surface area contributed by atoms with E-state index in [0.29, 0.717) is 36.0 Å². The summed E-state index contributed by atoms with van der Waals surface area (Å²) in [5.74, 6) is -1.69. The number of benzene rings is 3. The van der Waals surface area contributed by atoms with Gasteiger partial charge in [0.15, 0.2) is 11.6 Å². The standard InChI is InChI=1S/C29H27F2N3O5S/c1-33-18-25(23(17-29(33)35)19-3-7-22(8-4-19)34-11-13-38-14-12-34)24-16-21(32-40(2,36)37)6-10-27(24)39-28-9-5-20(30)15-26(28)31/h3-10,15-18,32H,11-14H2,1-2H3. The fourth-order valence-electron chi connectivity index (χ4n) is 4.54. The molecule has 0 amide bonds. The van der Waals surface area contributed by atoms with Gasteiger partial charge in [-0.2, -0.15) is 0 Å². The number of nitrogens with zero attached hydrogens (tertiary/aromatic N) is 2. The summed E-state index contributed by atoms with van der Waals surface area (Å²) in [5.41, 5.74) is 3.24. The summed E-state index contributed by atoms with van der Waals surface area (Å²) in [4.78, 5) is 15.0. The van der Waals surface area contributed by atoms with Gasteiger partial charge in [-0.3, -0.25) is 9.52 Å². The molecule has 2 heterocycles. The van der Waals surface area contributed by atoms with E-state index < -0.39 is 21.7 Å². The molecule has 0 aliphatic carbocycles. The van der Waals surface area contributed by atoms with Gasteiger partial charge in [0.25, 0.3) is 5.56 Å². The first-order valence-electron chi connectivity index (χ1n) is 12.5. The number of aromatic nitrogens is 1. The Morgan fingerprint density at radius 1 is 0.875 bits per heavy atom. The van der Waals surface area contributed by atoms with E-state index in [4.69, 9.17) is 9.47 Å². The number of ether oxygens (including phenoxy) is 2. The molecule has 0 spiro atoms. The van der Waals surface area contributed by atoms with Crippen LogP contribution in [-0.4, -0.2) is 45.5 Å². The average Bonchev–Trinajstić information content (AvgIpc) is 2.92. The number of morpholine rings is 1. The maximum atomic E-state index is 14.5. The summed E-state index contributed by atoms with van der Waals surface area (Å²) in [6, 6.07) is 16.7. The van der Waals surface area contributed by atoms with E-state index in [-0.39, 0.29) is 22.7 Å². The van der Waals surface area contributed by atoms with Gasteiger partial charge >= 0.3 is 0 Å². The van der Waals surface area contributed by atoms with Gasteiger partial charge in [0, 0.05) is 61.0 Å². The molecule has 8 nitrogen and oxygen atoms in total. The number of rotatable bonds is 7. The second kappa shape index (κ2) is 11.1. The summed E-state index contributed by atoms with van der Waals surface area (Å²) in [7, 11) is -2.02. The van der Waals surface area contributed by atoms with Gasteiger partial charge in [-0.15, -0.1) is 0 Å². The van der Waals surface area contributed by atoms with Crippen molar-refractivity contribution >= 4 is 21.4 Å². The molecule has 208 valence electrons.